The average molecular weight is 329 g/mol. The van der Waals surface area contributed by atoms with Crippen molar-refractivity contribution < 1.29 is 4.79 Å². The molecule has 0 spiro atoms. The minimum Gasteiger partial charge on any atom is -0.352 e. The van der Waals surface area contributed by atoms with Gasteiger partial charge in [-0.3, -0.25) is 4.79 Å². The van der Waals surface area contributed by atoms with E-state index < -0.39 is 0 Å². The molecule has 4 nitrogen and oxygen atoms in total. The van der Waals surface area contributed by atoms with Gasteiger partial charge < -0.3 is 16.0 Å². The Morgan fingerprint density at radius 3 is 2.54 bits per heavy atom. The lowest BCUT2D eigenvalue weighted by atomic mass is 9.65. The molecule has 0 radical (unpaired) electrons. The van der Waals surface area contributed by atoms with Gasteiger partial charge in [0.15, 0.2) is 0 Å². The lowest BCUT2D eigenvalue weighted by Gasteiger charge is -2.43. The normalized spacial score (nSPS) is 29.5. The molecule has 2 fully saturated rings. The lowest BCUT2D eigenvalue weighted by molar-refractivity contribution is -0.128. The summed E-state index contributed by atoms with van der Waals surface area (Å²) in [6.07, 6.45) is 5.65. The second-order valence-electron chi connectivity index (χ2n) is 7.97. The molecule has 2 bridgehead atoms. The molecule has 2 unspecified atom stereocenters. The van der Waals surface area contributed by atoms with Crippen molar-refractivity contribution in [1.82, 2.24) is 10.2 Å². The summed E-state index contributed by atoms with van der Waals surface area (Å²) in [6, 6.07) is 8.81. The first-order valence-electron chi connectivity index (χ1n) is 9.28. The fourth-order valence-corrected chi connectivity index (χ4v) is 4.54. The van der Waals surface area contributed by atoms with E-state index in [1.165, 1.54) is 30.4 Å². The third-order valence-electron chi connectivity index (χ3n) is 5.74. The van der Waals surface area contributed by atoms with Crippen LogP contribution in [0.3, 0.4) is 0 Å². The van der Waals surface area contributed by atoms with E-state index in [4.69, 9.17) is 5.73 Å². The highest BCUT2D eigenvalue weighted by atomic mass is 16.1. The summed E-state index contributed by atoms with van der Waals surface area (Å²) in [6.45, 7) is 1.55. The Morgan fingerprint density at radius 2 is 1.88 bits per heavy atom. The summed E-state index contributed by atoms with van der Waals surface area (Å²) in [4.78, 5) is 14.8. The van der Waals surface area contributed by atoms with Crippen LogP contribution in [0.5, 0.6) is 0 Å². The summed E-state index contributed by atoms with van der Waals surface area (Å²) >= 11 is 0. The first-order chi connectivity index (χ1) is 11.5. The number of hydrogen-bond acceptors (Lipinski definition) is 3. The minimum atomic E-state index is 0.157. The third kappa shape index (κ3) is 4.17. The van der Waals surface area contributed by atoms with Gasteiger partial charge in [0.2, 0.25) is 5.91 Å². The standard InChI is InChI=1S/C20H31N3O/c1-23(2)13-15-6-3-5-14(9-15)12-22-20(24)18-10-16-7-4-8-17(11-18)19(16)21/h3,5-6,9,16-19H,4,7-8,10-13,21H2,1-2H3,(H,22,24). The van der Waals surface area contributed by atoms with E-state index in [0.717, 1.165) is 19.4 Å². The zero-order valence-corrected chi connectivity index (χ0v) is 15.0. The number of rotatable bonds is 5. The maximum atomic E-state index is 12.6. The molecule has 1 amide bonds. The van der Waals surface area contributed by atoms with E-state index in [-0.39, 0.29) is 11.8 Å². The molecule has 2 saturated carbocycles. The van der Waals surface area contributed by atoms with Gasteiger partial charge in [-0.25, -0.2) is 0 Å². The van der Waals surface area contributed by atoms with Gasteiger partial charge in [0.25, 0.3) is 0 Å². The van der Waals surface area contributed by atoms with Gasteiger partial charge in [0.1, 0.15) is 0 Å². The van der Waals surface area contributed by atoms with Gasteiger partial charge in [-0.1, -0.05) is 30.7 Å². The molecule has 0 aliphatic heterocycles. The fourth-order valence-electron chi connectivity index (χ4n) is 4.54. The maximum absolute atomic E-state index is 12.6. The molecule has 3 N–H and O–H groups in total. The van der Waals surface area contributed by atoms with Crippen molar-refractivity contribution in [2.24, 2.45) is 23.5 Å². The third-order valence-corrected chi connectivity index (χ3v) is 5.74. The molecule has 1 aromatic carbocycles. The summed E-state index contributed by atoms with van der Waals surface area (Å²) in [7, 11) is 4.14. The smallest absolute Gasteiger partial charge is 0.223 e. The van der Waals surface area contributed by atoms with Crippen LogP contribution in [0.1, 0.15) is 43.2 Å². The van der Waals surface area contributed by atoms with Crippen LogP contribution in [0.25, 0.3) is 0 Å². The van der Waals surface area contributed by atoms with Crippen molar-refractivity contribution in [1.29, 1.82) is 0 Å². The summed E-state index contributed by atoms with van der Waals surface area (Å²) < 4.78 is 0. The Morgan fingerprint density at radius 1 is 1.21 bits per heavy atom. The molecule has 24 heavy (non-hydrogen) atoms. The quantitative estimate of drug-likeness (QED) is 0.873. The second-order valence-corrected chi connectivity index (χ2v) is 7.97. The summed E-state index contributed by atoms with van der Waals surface area (Å²) in [5.74, 6) is 1.48. The highest BCUT2D eigenvalue weighted by Crippen LogP contribution is 2.41. The van der Waals surface area contributed by atoms with Crippen molar-refractivity contribution in [3.8, 4) is 0 Å². The summed E-state index contributed by atoms with van der Waals surface area (Å²) in [5.41, 5.74) is 8.79. The van der Waals surface area contributed by atoms with Crippen LogP contribution in [0.4, 0.5) is 0 Å². The number of hydrogen-bond donors (Lipinski definition) is 2. The van der Waals surface area contributed by atoms with Gasteiger partial charge in [-0.05, 0) is 62.7 Å². The van der Waals surface area contributed by atoms with Crippen LogP contribution >= 0.6 is 0 Å². The molecule has 2 aliphatic carbocycles. The molecule has 0 aromatic heterocycles. The molecule has 2 aliphatic rings. The highest BCUT2D eigenvalue weighted by molar-refractivity contribution is 5.78. The van der Waals surface area contributed by atoms with Gasteiger partial charge in [0, 0.05) is 25.0 Å². The molecule has 2 atom stereocenters. The van der Waals surface area contributed by atoms with Crippen LogP contribution in [-0.4, -0.2) is 30.9 Å². The number of carbonyl (C=O) groups excluding carboxylic acids is 1. The van der Waals surface area contributed by atoms with Crippen molar-refractivity contribution in [2.75, 3.05) is 14.1 Å². The number of nitrogens with zero attached hydrogens (tertiary/aromatic N) is 1. The topological polar surface area (TPSA) is 58.4 Å². The molecule has 4 heteroatoms. The lowest BCUT2D eigenvalue weighted by Crippen LogP contribution is -2.49. The first kappa shape index (κ1) is 17.4. The molecule has 0 saturated heterocycles. The van der Waals surface area contributed by atoms with Crippen LogP contribution in [0.15, 0.2) is 24.3 Å². The maximum Gasteiger partial charge on any atom is 0.223 e. The SMILES string of the molecule is CN(C)Cc1cccc(CNC(=O)C2CC3CCCC(C2)C3N)c1. The van der Waals surface area contributed by atoms with E-state index in [0.29, 0.717) is 24.4 Å². The van der Waals surface area contributed by atoms with Gasteiger partial charge in [-0.15, -0.1) is 0 Å². The minimum absolute atomic E-state index is 0.157. The Balaban J connectivity index is 1.54. The number of fused-ring (bicyclic) bond motifs is 2. The Hall–Kier alpha value is -1.39. The largest absolute Gasteiger partial charge is 0.352 e. The van der Waals surface area contributed by atoms with Crippen molar-refractivity contribution in [3.05, 3.63) is 35.4 Å². The van der Waals surface area contributed by atoms with E-state index in [1.54, 1.807) is 0 Å². The fraction of sp³-hybridized carbons (Fsp3) is 0.650. The Labute approximate surface area is 145 Å². The van der Waals surface area contributed by atoms with E-state index in [9.17, 15) is 4.79 Å². The number of amides is 1. The van der Waals surface area contributed by atoms with Gasteiger partial charge in [-0.2, -0.15) is 0 Å². The molecule has 1 aromatic rings. The van der Waals surface area contributed by atoms with Gasteiger partial charge in [0.05, 0.1) is 0 Å². The Bertz CT molecular complexity index is 558. The van der Waals surface area contributed by atoms with Crippen LogP contribution in [0.2, 0.25) is 0 Å². The predicted octanol–water partition coefficient (Wildman–Crippen LogP) is 2.52. The van der Waals surface area contributed by atoms with Crippen molar-refractivity contribution in [2.45, 2.75) is 51.2 Å². The zero-order chi connectivity index (χ0) is 17.1. The van der Waals surface area contributed by atoms with Crippen molar-refractivity contribution in [3.63, 3.8) is 0 Å². The second kappa shape index (κ2) is 7.66. The van der Waals surface area contributed by atoms with Crippen LogP contribution in [-0.2, 0) is 17.9 Å². The molecule has 3 rings (SSSR count). The number of nitrogens with one attached hydrogen (secondary N) is 1. The zero-order valence-electron chi connectivity index (χ0n) is 15.0. The number of benzene rings is 1. The number of nitrogens with two attached hydrogens (primary N) is 1. The van der Waals surface area contributed by atoms with Crippen LogP contribution < -0.4 is 11.1 Å². The van der Waals surface area contributed by atoms with Crippen molar-refractivity contribution >= 4 is 5.91 Å². The van der Waals surface area contributed by atoms with Crippen LogP contribution in [0, 0.1) is 17.8 Å². The monoisotopic (exact) mass is 329 g/mol. The molecule has 0 heterocycles. The summed E-state index contributed by atoms with van der Waals surface area (Å²) in [5, 5.41) is 3.16. The van der Waals surface area contributed by atoms with Gasteiger partial charge >= 0.3 is 0 Å². The highest BCUT2D eigenvalue weighted by Gasteiger charge is 2.40. The first-order valence-corrected chi connectivity index (χ1v) is 9.28. The molecular weight excluding hydrogens is 298 g/mol. The average Bonchev–Trinajstić information content (AvgIpc) is 2.52. The predicted molar refractivity (Wildman–Crippen MR) is 97.2 cm³/mol. The number of carbonyl (C=O) groups is 1. The van der Waals surface area contributed by atoms with E-state index >= 15 is 0 Å². The van der Waals surface area contributed by atoms with E-state index in [1.807, 2.05) is 0 Å². The Kier molecular flexibility index (Phi) is 5.57. The van der Waals surface area contributed by atoms with E-state index in [2.05, 4.69) is 48.6 Å². The molecular formula is C20H31N3O. The molecule has 132 valence electrons.